The van der Waals surface area contributed by atoms with E-state index in [0.29, 0.717) is 18.6 Å². The minimum absolute atomic E-state index is 0.00666. The van der Waals surface area contributed by atoms with Gasteiger partial charge in [0.25, 0.3) is 0 Å². The fourth-order valence-corrected chi connectivity index (χ4v) is 5.16. The summed E-state index contributed by atoms with van der Waals surface area (Å²) in [7, 11) is 0. The summed E-state index contributed by atoms with van der Waals surface area (Å²) in [5, 5.41) is 12.3. The Morgan fingerprint density at radius 1 is 1.46 bits per heavy atom. The molecule has 2 heterocycles. The van der Waals surface area contributed by atoms with Crippen LogP contribution in [0.3, 0.4) is 0 Å². The van der Waals surface area contributed by atoms with Gasteiger partial charge >= 0.3 is 5.97 Å². The summed E-state index contributed by atoms with van der Waals surface area (Å²) in [4.78, 5) is 37.7. The standard InChI is InChI=1S/C19H24N2O4S/c1-12-4-3-5-13(8-12)9-14(18(24)25)10-20-17(23)15-11-26-19(2)7-6-16(22)21(15)19/h3-5,8,14-15H,6-7,9-11H2,1-2H3,(H,20,23)(H,24,25)/t14-,15+,19+/m1/s1. The van der Waals surface area contributed by atoms with Crippen molar-refractivity contribution in [2.45, 2.75) is 44.0 Å². The number of carbonyl (C=O) groups excluding carboxylic acids is 2. The Morgan fingerprint density at radius 3 is 2.92 bits per heavy atom. The first-order valence-corrected chi connectivity index (χ1v) is 9.81. The molecule has 3 rings (SSSR count). The first-order valence-electron chi connectivity index (χ1n) is 8.82. The molecular weight excluding hydrogens is 352 g/mol. The van der Waals surface area contributed by atoms with Crippen molar-refractivity contribution < 1.29 is 19.5 Å². The lowest BCUT2D eigenvalue weighted by atomic mass is 9.98. The Balaban J connectivity index is 1.61. The number of thioether (sulfide) groups is 1. The zero-order chi connectivity index (χ0) is 18.9. The number of rotatable bonds is 6. The van der Waals surface area contributed by atoms with E-state index in [1.165, 1.54) is 0 Å². The second-order valence-electron chi connectivity index (χ2n) is 7.24. The van der Waals surface area contributed by atoms with Crippen molar-refractivity contribution in [1.82, 2.24) is 10.2 Å². The Morgan fingerprint density at radius 2 is 2.23 bits per heavy atom. The molecule has 0 aliphatic carbocycles. The molecule has 0 spiro atoms. The van der Waals surface area contributed by atoms with Gasteiger partial charge in [0.2, 0.25) is 11.8 Å². The number of amides is 2. The zero-order valence-electron chi connectivity index (χ0n) is 15.0. The van der Waals surface area contributed by atoms with Crippen molar-refractivity contribution in [3.05, 3.63) is 35.4 Å². The highest BCUT2D eigenvalue weighted by atomic mass is 32.2. The van der Waals surface area contributed by atoms with E-state index in [0.717, 1.165) is 17.5 Å². The molecule has 6 nitrogen and oxygen atoms in total. The average Bonchev–Trinajstić information content (AvgIpc) is 3.07. The molecule has 26 heavy (non-hydrogen) atoms. The molecular formula is C19H24N2O4S. The summed E-state index contributed by atoms with van der Waals surface area (Å²) in [6.07, 6.45) is 1.58. The van der Waals surface area contributed by atoms with Gasteiger partial charge in [-0.15, -0.1) is 11.8 Å². The molecule has 3 atom stereocenters. The molecule has 2 aliphatic rings. The molecule has 0 bridgehead atoms. The number of carboxylic acid groups (broad SMARTS) is 1. The molecule has 2 fully saturated rings. The minimum Gasteiger partial charge on any atom is -0.481 e. The third kappa shape index (κ3) is 3.72. The van der Waals surface area contributed by atoms with Crippen LogP contribution in [0.15, 0.2) is 24.3 Å². The quantitative estimate of drug-likeness (QED) is 0.791. The highest BCUT2D eigenvalue weighted by Crippen LogP contribution is 2.47. The second-order valence-corrected chi connectivity index (χ2v) is 8.74. The van der Waals surface area contributed by atoms with E-state index in [1.54, 1.807) is 16.7 Å². The van der Waals surface area contributed by atoms with Gasteiger partial charge in [-0.1, -0.05) is 29.8 Å². The summed E-state index contributed by atoms with van der Waals surface area (Å²) in [6.45, 7) is 4.01. The smallest absolute Gasteiger partial charge is 0.308 e. The minimum atomic E-state index is -0.935. The van der Waals surface area contributed by atoms with E-state index in [2.05, 4.69) is 5.32 Å². The highest BCUT2D eigenvalue weighted by molar-refractivity contribution is 8.01. The van der Waals surface area contributed by atoms with Gasteiger partial charge in [-0.3, -0.25) is 14.4 Å². The second kappa shape index (κ2) is 7.31. The van der Waals surface area contributed by atoms with E-state index in [-0.39, 0.29) is 23.2 Å². The number of hydrogen-bond donors (Lipinski definition) is 2. The van der Waals surface area contributed by atoms with Crippen LogP contribution in [-0.4, -0.2) is 51.0 Å². The van der Waals surface area contributed by atoms with Gasteiger partial charge in [-0.05, 0) is 32.3 Å². The van der Waals surface area contributed by atoms with Crippen LogP contribution in [-0.2, 0) is 20.8 Å². The number of nitrogens with one attached hydrogen (secondary N) is 1. The van der Waals surface area contributed by atoms with Crippen LogP contribution in [0.2, 0.25) is 0 Å². The number of carbonyl (C=O) groups is 3. The lowest BCUT2D eigenvalue weighted by Crippen LogP contribution is -2.51. The molecule has 0 saturated carbocycles. The molecule has 2 N–H and O–H groups in total. The first kappa shape index (κ1) is 18.8. The average molecular weight is 376 g/mol. The molecule has 2 amide bonds. The third-order valence-corrected chi connectivity index (χ3v) is 6.69. The van der Waals surface area contributed by atoms with Crippen molar-refractivity contribution in [2.75, 3.05) is 12.3 Å². The van der Waals surface area contributed by atoms with Gasteiger partial charge < -0.3 is 15.3 Å². The number of nitrogens with zero attached hydrogens (tertiary/aromatic N) is 1. The van der Waals surface area contributed by atoms with E-state index in [9.17, 15) is 19.5 Å². The van der Waals surface area contributed by atoms with Gasteiger partial charge in [0.1, 0.15) is 6.04 Å². The van der Waals surface area contributed by atoms with Crippen LogP contribution in [0, 0.1) is 12.8 Å². The summed E-state index contributed by atoms with van der Waals surface area (Å²) < 4.78 is 0. The molecule has 1 aromatic carbocycles. The lowest BCUT2D eigenvalue weighted by Gasteiger charge is -2.30. The Labute approximate surface area is 157 Å². The van der Waals surface area contributed by atoms with Crippen molar-refractivity contribution in [2.24, 2.45) is 5.92 Å². The third-order valence-electron chi connectivity index (χ3n) is 5.18. The van der Waals surface area contributed by atoms with E-state index < -0.39 is 17.9 Å². The lowest BCUT2D eigenvalue weighted by molar-refractivity contribution is -0.142. The van der Waals surface area contributed by atoms with Crippen LogP contribution in [0.5, 0.6) is 0 Å². The van der Waals surface area contributed by atoms with Crippen molar-refractivity contribution in [3.8, 4) is 0 Å². The Hall–Kier alpha value is -2.02. The monoisotopic (exact) mass is 376 g/mol. The van der Waals surface area contributed by atoms with Crippen LogP contribution >= 0.6 is 11.8 Å². The Bertz CT molecular complexity index is 738. The maximum absolute atomic E-state index is 12.6. The Kier molecular flexibility index (Phi) is 5.27. The number of aryl methyl sites for hydroxylation is 1. The topological polar surface area (TPSA) is 86.7 Å². The first-order chi connectivity index (χ1) is 12.3. The number of aliphatic carboxylic acids is 1. The molecule has 0 radical (unpaired) electrons. The molecule has 2 saturated heterocycles. The summed E-state index contributed by atoms with van der Waals surface area (Å²) in [5.74, 6) is -1.33. The van der Waals surface area contributed by atoms with Gasteiger partial charge in [0.15, 0.2) is 0 Å². The number of carboxylic acids is 1. The maximum atomic E-state index is 12.6. The SMILES string of the molecule is Cc1cccc(C[C@H](CNC(=O)[C@@H]2CS[C@@]3(C)CCC(=O)N23)C(=O)O)c1. The number of hydrogen-bond acceptors (Lipinski definition) is 4. The summed E-state index contributed by atoms with van der Waals surface area (Å²) >= 11 is 1.63. The highest BCUT2D eigenvalue weighted by Gasteiger charge is 2.52. The van der Waals surface area contributed by atoms with E-state index >= 15 is 0 Å². The predicted molar refractivity (Wildman–Crippen MR) is 99.7 cm³/mol. The number of benzene rings is 1. The van der Waals surface area contributed by atoms with Crippen LogP contribution in [0.1, 0.15) is 30.9 Å². The predicted octanol–water partition coefficient (Wildman–Crippen LogP) is 1.81. The van der Waals surface area contributed by atoms with Crippen molar-refractivity contribution in [3.63, 3.8) is 0 Å². The number of fused-ring (bicyclic) bond motifs is 1. The normalized spacial score (nSPS) is 25.8. The maximum Gasteiger partial charge on any atom is 0.308 e. The van der Waals surface area contributed by atoms with E-state index in [1.807, 2.05) is 38.1 Å². The zero-order valence-corrected chi connectivity index (χ0v) is 15.8. The van der Waals surface area contributed by atoms with Crippen LogP contribution in [0.25, 0.3) is 0 Å². The van der Waals surface area contributed by atoms with Gasteiger partial charge in [-0.2, -0.15) is 0 Å². The molecule has 1 aromatic rings. The van der Waals surface area contributed by atoms with Crippen molar-refractivity contribution >= 4 is 29.5 Å². The van der Waals surface area contributed by atoms with Crippen LogP contribution in [0.4, 0.5) is 0 Å². The largest absolute Gasteiger partial charge is 0.481 e. The van der Waals surface area contributed by atoms with Crippen LogP contribution < -0.4 is 5.32 Å². The molecule has 2 aliphatic heterocycles. The van der Waals surface area contributed by atoms with E-state index in [4.69, 9.17) is 0 Å². The molecule has 7 heteroatoms. The molecule has 0 unspecified atom stereocenters. The van der Waals surface area contributed by atoms with Crippen molar-refractivity contribution in [1.29, 1.82) is 0 Å². The van der Waals surface area contributed by atoms with Gasteiger partial charge in [-0.25, -0.2) is 0 Å². The van der Waals surface area contributed by atoms with Gasteiger partial charge in [0, 0.05) is 18.7 Å². The molecule has 140 valence electrons. The fraction of sp³-hybridized carbons (Fsp3) is 0.526. The summed E-state index contributed by atoms with van der Waals surface area (Å²) in [5.41, 5.74) is 2.01. The summed E-state index contributed by atoms with van der Waals surface area (Å²) in [6, 6.07) is 7.21. The fourth-order valence-electron chi connectivity index (χ4n) is 3.73. The molecule has 0 aromatic heterocycles. The van der Waals surface area contributed by atoms with Gasteiger partial charge in [0.05, 0.1) is 10.8 Å².